The van der Waals surface area contributed by atoms with Crippen molar-refractivity contribution in [3.05, 3.63) is 76.8 Å². The summed E-state index contributed by atoms with van der Waals surface area (Å²) in [6.07, 6.45) is 8.58. The first-order chi connectivity index (χ1) is 20.0. The number of carboxylic acids is 1. The minimum atomic E-state index is -0.968. The number of piperidine rings is 1. The van der Waals surface area contributed by atoms with Gasteiger partial charge in [-0.05, 0) is 50.6 Å². The van der Waals surface area contributed by atoms with Gasteiger partial charge in [0.15, 0.2) is 0 Å². The molecule has 2 atom stereocenters. The van der Waals surface area contributed by atoms with Crippen molar-refractivity contribution in [2.45, 2.75) is 50.4 Å². The average Bonchev–Trinajstić information content (AvgIpc) is 3.30. The van der Waals surface area contributed by atoms with Gasteiger partial charge in [0, 0.05) is 56.0 Å². The number of nitriles is 1. The van der Waals surface area contributed by atoms with Gasteiger partial charge in [-0.3, -0.25) is 9.97 Å². The number of aromatic nitrogens is 3. The third-order valence-electron chi connectivity index (χ3n) is 8.23. The number of ether oxygens (including phenoxy) is 2. The molecule has 1 aromatic carbocycles. The SMILES string of the molecule is N#Cc1ccc(COc2cncc(C3CCN(CC4Cc5ncc(C(=O)O)cc5N4C[C@@H]4CCO4)CC3)n2)c(F)c1. The van der Waals surface area contributed by atoms with Crippen LogP contribution in [0, 0.1) is 17.1 Å². The molecule has 212 valence electrons. The van der Waals surface area contributed by atoms with E-state index in [1.165, 1.54) is 18.5 Å². The molecule has 10 nitrogen and oxygen atoms in total. The smallest absolute Gasteiger partial charge is 0.337 e. The second kappa shape index (κ2) is 11.8. The molecule has 2 saturated heterocycles. The van der Waals surface area contributed by atoms with Gasteiger partial charge in [-0.25, -0.2) is 14.2 Å². The Morgan fingerprint density at radius 2 is 2.00 bits per heavy atom. The average molecular weight is 559 g/mol. The summed E-state index contributed by atoms with van der Waals surface area (Å²) in [7, 11) is 0. The summed E-state index contributed by atoms with van der Waals surface area (Å²) in [5.41, 5.74) is 3.55. The molecule has 0 amide bonds. The lowest BCUT2D eigenvalue weighted by molar-refractivity contribution is -0.0453. The summed E-state index contributed by atoms with van der Waals surface area (Å²) >= 11 is 0. The van der Waals surface area contributed by atoms with Gasteiger partial charge < -0.3 is 24.4 Å². The Morgan fingerprint density at radius 1 is 1.17 bits per heavy atom. The minimum absolute atomic E-state index is 0.00308. The fourth-order valence-corrected chi connectivity index (χ4v) is 5.82. The van der Waals surface area contributed by atoms with Crippen molar-refractivity contribution in [3.63, 3.8) is 0 Å². The van der Waals surface area contributed by atoms with Crippen molar-refractivity contribution in [3.8, 4) is 11.9 Å². The lowest BCUT2D eigenvalue weighted by Crippen LogP contribution is -2.49. The van der Waals surface area contributed by atoms with E-state index < -0.39 is 11.8 Å². The molecule has 1 unspecified atom stereocenters. The van der Waals surface area contributed by atoms with E-state index in [0.29, 0.717) is 11.4 Å². The van der Waals surface area contributed by atoms with Gasteiger partial charge in [0.05, 0.1) is 46.6 Å². The van der Waals surface area contributed by atoms with Crippen molar-refractivity contribution in [1.29, 1.82) is 5.26 Å². The van der Waals surface area contributed by atoms with E-state index in [9.17, 15) is 14.3 Å². The second-order valence-corrected chi connectivity index (χ2v) is 10.9. The first kappa shape index (κ1) is 27.1. The zero-order chi connectivity index (χ0) is 28.3. The van der Waals surface area contributed by atoms with E-state index >= 15 is 0 Å². The normalized spacial score (nSPS) is 20.7. The lowest BCUT2D eigenvalue weighted by Gasteiger charge is -2.39. The van der Waals surface area contributed by atoms with Crippen LogP contribution in [0.3, 0.4) is 0 Å². The third-order valence-corrected chi connectivity index (χ3v) is 8.23. The van der Waals surface area contributed by atoms with Crippen molar-refractivity contribution in [1.82, 2.24) is 19.9 Å². The maximum Gasteiger partial charge on any atom is 0.337 e. The van der Waals surface area contributed by atoms with Crippen molar-refractivity contribution in [2.24, 2.45) is 0 Å². The Hall–Kier alpha value is -4.14. The largest absolute Gasteiger partial charge is 0.478 e. The number of hydrogen-bond donors (Lipinski definition) is 1. The Balaban J connectivity index is 1.06. The van der Waals surface area contributed by atoms with Crippen LogP contribution in [0.4, 0.5) is 10.1 Å². The van der Waals surface area contributed by atoms with Crippen molar-refractivity contribution >= 4 is 11.7 Å². The number of carbonyl (C=O) groups is 1. The summed E-state index contributed by atoms with van der Waals surface area (Å²) in [6.45, 7) is 4.20. The highest BCUT2D eigenvalue weighted by molar-refractivity contribution is 5.88. The van der Waals surface area contributed by atoms with Crippen molar-refractivity contribution in [2.75, 3.05) is 37.7 Å². The molecule has 3 aliphatic heterocycles. The topological polar surface area (TPSA) is 125 Å². The Kier molecular flexibility index (Phi) is 7.76. The molecule has 1 N–H and O–H groups in total. The van der Waals surface area contributed by atoms with Gasteiger partial charge in [-0.2, -0.15) is 5.26 Å². The molecule has 41 heavy (non-hydrogen) atoms. The zero-order valence-electron chi connectivity index (χ0n) is 22.6. The van der Waals surface area contributed by atoms with E-state index in [2.05, 4.69) is 24.8 Å². The van der Waals surface area contributed by atoms with Crippen LogP contribution in [-0.4, -0.2) is 75.9 Å². The fraction of sp³-hybridized carbons (Fsp3) is 0.433. The van der Waals surface area contributed by atoms with Crippen LogP contribution in [0.1, 0.15) is 58.1 Å². The third kappa shape index (κ3) is 5.99. The van der Waals surface area contributed by atoms with Crippen LogP contribution >= 0.6 is 0 Å². The molecule has 3 aromatic rings. The molecular weight excluding hydrogens is 527 g/mol. The Morgan fingerprint density at radius 3 is 2.71 bits per heavy atom. The van der Waals surface area contributed by atoms with E-state index in [-0.39, 0.29) is 35.8 Å². The predicted molar refractivity (Wildman–Crippen MR) is 146 cm³/mol. The van der Waals surface area contributed by atoms with Gasteiger partial charge >= 0.3 is 5.97 Å². The molecule has 0 bridgehead atoms. The highest BCUT2D eigenvalue weighted by Crippen LogP contribution is 2.35. The second-order valence-electron chi connectivity index (χ2n) is 10.9. The lowest BCUT2D eigenvalue weighted by atomic mass is 9.93. The first-order valence-electron chi connectivity index (χ1n) is 13.9. The molecule has 0 radical (unpaired) electrons. The van der Waals surface area contributed by atoms with E-state index in [4.69, 9.17) is 14.7 Å². The van der Waals surface area contributed by atoms with E-state index in [0.717, 1.165) is 75.5 Å². The van der Waals surface area contributed by atoms with Crippen molar-refractivity contribution < 1.29 is 23.8 Å². The van der Waals surface area contributed by atoms with Gasteiger partial charge in [-0.15, -0.1) is 0 Å². The Bertz CT molecular complexity index is 1470. The molecule has 3 aliphatic rings. The van der Waals surface area contributed by atoms with Crippen LogP contribution < -0.4 is 9.64 Å². The number of fused-ring (bicyclic) bond motifs is 1. The fourth-order valence-electron chi connectivity index (χ4n) is 5.82. The minimum Gasteiger partial charge on any atom is -0.478 e. The molecule has 0 saturated carbocycles. The molecule has 6 rings (SSSR count). The Labute approximate surface area is 237 Å². The molecule has 0 aliphatic carbocycles. The van der Waals surface area contributed by atoms with Crippen LogP contribution in [0.5, 0.6) is 5.88 Å². The number of anilines is 1. The summed E-state index contributed by atoms with van der Waals surface area (Å²) in [4.78, 5) is 29.8. The quantitative estimate of drug-likeness (QED) is 0.417. The number of rotatable bonds is 9. The van der Waals surface area contributed by atoms with E-state index in [1.807, 2.05) is 6.07 Å². The summed E-state index contributed by atoms with van der Waals surface area (Å²) in [6, 6.07) is 8.19. The zero-order valence-corrected chi connectivity index (χ0v) is 22.6. The predicted octanol–water partition coefficient (Wildman–Crippen LogP) is 3.56. The molecule has 2 aromatic heterocycles. The van der Waals surface area contributed by atoms with Gasteiger partial charge in [0.25, 0.3) is 0 Å². The molecule has 2 fully saturated rings. The van der Waals surface area contributed by atoms with Crippen LogP contribution in [-0.2, 0) is 17.8 Å². The highest BCUT2D eigenvalue weighted by atomic mass is 19.1. The summed E-state index contributed by atoms with van der Waals surface area (Å²) in [5.74, 6) is -0.860. The summed E-state index contributed by atoms with van der Waals surface area (Å²) in [5, 5.41) is 18.4. The number of carboxylic acid groups (broad SMARTS) is 1. The number of halogens is 1. The number of pyridine rings is 1. The number of likely N-dealkylation sites (tertiary alicyclic amines) is 1. The number of benzene rings is 1. The van der Waals surface area contributed by atoms with Crippen LogP contribution in [0.25, 0.3) is 0 Å². The maximum absolute atomic E-state index is 14.2. The number of nitrogens with zero attached hydrogens (tertiary/aromatic N) is 6. The summed E-state index contributed by atoms with van der Waals surface area (Å²) < 4.78 is 25.7. The van der Waals surface area contributed by atoms with Gasteiger partial charge in [0.1, 0.15) is 12.4 Å². The maximum atomic E-state index is 14.2. The molecule has 11 heteroatoms. The standard InChI is InChI=1S/C30H31FN6O4/c31-25-9-19(12-32)1-2-21(25)18-41-29-15-33-14-27(35-29)20-3-6-36(7-4-20)16-23-11-26-28(10-22(13-34-26)30(38)39)37(23)17-24-5-8-40-24/h1-2,9-10,13-15,20,23-24H,3-8,11,16-18H2,(H,38,39)/t23?,24-/m0/s1. The molecular formula is C30H31FN6O4. The highest BCUT2D eigenvalue weighted by Gasteiger charge is 2.36. The van der Waals surface area contributed by atoms with Gasteiger partial charge in [0.2, 0.25) is 5.88 Å². The monoisotopic (exact) mass is 558 g/mol. The number of hydrogen-bond acceptors (Lipinski definition) is 9. The van der Waals surface area contributed by atoms with Crippen LogP contribution in [0.15, 0.2) is 42.9 Å². The van der Waals surface area contributed by atoms with Gasteiger partial charge in [-0.1, -0.05) is 6.07 Å². The number of aromatic carboxylic acids is 1. The molecule has 0 spiro atoms. The van der Waals surface area contributed by atoms with Crippen LogP contribution in [0.2, 0.25) is 0 Å². The van der Waals surface area contributed by atoms with E-state index in [1.54, 1.807) is 24.4 Å². The first-order valence-corrected chi connectivity index (χ1v) is 13.9. The molecule has 5 heterocycles.